The van der Waals surface area contributed by atoms with E-state index in [1.54, 1.807) is 18.2 Å². The highest BCUT2D eigenvalue weighted by molar-refractivity contribution is 9.10. The van der Waals surface area contributed by atoms with E-state index in [0.717, 1.165) is 0 Å². The lowest BCUT2D eigenvalue weighted by atomic mass is 9.79. The van der Waals surface area contributed by atoms with E-state index < -0.39 is 5.92 Å². The molecule has 0 heterocycles. The number of nitrogens with one attached hydrogen (secondary N) is 1. The molecule has 1 saturated carbocycles. The summed E-state index contributed by atoms with van der Waals surface area (Å²) < 4.78 is 41.2. The standard InChI is InChI=1S/C15H19BrF3N/c1-2-20-14(10-6-8-15(18,19)9-7-10)11-4-3-5-12(16)13(11)17/h3-5,10,14,20H,2,6-9H2,1H3. The summed E-state index contributed by atoms with van der Waals surface area (Å²) in [7, 11) is 0. The maximum absolute atomic E-state index is 14.2. The quantitative estimate of drug-likeness (QED) is 0.800. The Morgan fingerprint density at radius 2 is 2.00 bits per heavy atom. The van der Waals surface area contributed by atoms with Gasteiger partial charge in [0.25, 0.3) is 0 Å². The van der Waals surface area contributed by atoms with Gasteiger partial charge in [0.1, 0.15) is 5.82 Å². The van der Waals surface area contributed by atoms with Gasteiger partial charge in [-0.3, -0.25) is 0 Å². The third kappa shape index (κ3) is 3.55. The molecule has 0 radical (unpaired) electrons. The third-order valence-electron chi connectivity index (χ3n) is 3.97. The monoisotopic (exact) mass is 349 g/mol. The maximum atomic E-state index is 14.2. The number of rotatable bonds is 4. The van der Waals surface area contributed by atoms with Crippen molar-refractivity contribution in [3.8, 4) is 0 Å². The molecule has 0 bridgehead atoms. The lowest BCUT2D eigenvalue weighted by Gasteiger charge is -2.34. The molecule has 1 aliphatic rings. The molecular formula is C15H19BrF3N. The van der Waals surface area contributed by atoms with Crippen LogP contribution >= 0.6 is 15.9 Å². The minimum atomic E-state index is -2.55. The molecule has 1 aromatic carbocycles. The fraction of sp³-hybridized carbons (Fsp3) is 0.600. The molecule has 0 saturated heterocycles. The molecule has 5 heteroatoms. The van der Waals surface area contributed by atoms with Gasteiger partial charge < -0.3 is 5.32 Å². The van der Waals surface area contributed by atoms with Gasteiger partial charge in [-0.25, -0.2) is 13.2 Å². The Kier molecular flexibility index (Phi) is 5.13. The first-order valence-electron chi connectivity index (χ1n) is 6.99. The summed E-state index contributed by atoms with van der Waals surface area (Å²) in [6.07, 6.45) is 0.650. The highest BCUT2D eigenvalue weighted by atomic mass is 79.9. The van der Waals surface area contributed by atoms with Crippen molar-refractivity contribution in [2.24, 2.45) is 5.92 Å². The Morgan fingerprint density at radius 3 is 2.60 bits per heavy atom. The SMILES string of the molecule is CCNC(c1cccc(Br)c1F)C1CCC(F)(F)CC1. The van der Waals surface area contributed by atoms with Gasteiger partial charge in [-0.2, -0.15) is 0 Å². The largest absolute Gasteiger partial charge is 0.310 e. The molecule has 1 aliphatic carbocycles. The zero-order chi connectivity index (χ0) is 14.8. The van der Waals surface area contributed by atoms with E-state index in [1.165, 1.54) is 0 Å². The summed E-state index contributed by atoms with van der Waals surface area (Å²) in [5.41, 5.74) is 0.566. The summed E-state index contributed by atoms with van der Waals surface area (Å²) in [5, 5.41) is 3.26. The Balaban J connectivity index is 2.21. The highest BCUT2D eigenvalue weighted by Gasteiger charge is 2.38. The number of alkyl halides is 2. The van der Waals surface area contributed by atoms with E-state index in [9.17, 15) is 13.2 Å². The van der Waals surface area contributed by atoms with Crippen molar-refractivity contribution < 1.29 is 13.2 Å². The fourth-order valence-electron chi connectivity index (χ4n) is 2.91. The van der Waals surface area contributed by atoms with Crippen molar-refractivity contribution >= 4 is 15.9 Å². The third-order valence-corrected chi connectivity index (χ3v) is 4.59. The maximum Gasteiger partial charge on any atom is 0.248 e. The van der Waals surface area contributed by atoms with Crippen molar-refractivity contribution in [2.45, 2.75) is 44.6 Å². The predicted octanol–water partition coefficient (Wildman–Crippen LogP) is 5.06. The van der Waals surface area contributed by atoms with Crippen molar-refractivity contribution in [1.29, 1.82) is 0 Å². The van der Waals surface area contributed by atoms with Crippen LogP contribution in [0, 0.1) is 11.7 Å². The zero-order valence-corrected chi connectivity index (χ0v) is 13.0. The topological polar surface area (TPSA) is 12.0 Å². The van der Waals surface area contributed by atoms with Crippen molar-refractivity contribution in [3.63, 3.8) is 0 Å². The highest BCUT2D eigenvalue weighted by Crippen LogP contribution is 2.42. The number of halogens is 4. The minimum absolute atomic E-state index is 0.0541. The molecule has 0 amide bonds. The normalized spacial score (nSPS) is 20.9. The van der Waals surface area contributed by atoms with Gasteiger partial charge in [0, 0.05) is 24.4 Å². The van der Waals surface area contributed by atoms with Crippen molar-refractivity contribution in [2.75, 3.05) is 6.54 Å². The van der Waals surface area contributed by atoms with E-state index in [2.05, 4.69) is 21.2 Å². The van der Waals surface area contributed by atoms with E-state index in [-0.39, 0.29) is 30.6 Å². The molecule has 0 spiro atoms. The predicted molar refractivity (Wildman–Crippen MR) is 77.4 cm³/mol. The molecule has 1 atom stereocenters. The number of hydrogen-bond donors (Lipinski definition) is 1. The summed E-state index contributed by atoms with van der Waals surface area (Å²) in [5.74, 6) is -2.79. The van der Waals surface area contributed by atoms with Crippen LogP contribution in [0.4, 0.5) is 13.2 Å². The van der Waals surface area contributed by atoms with Crippen LogP contribution in [0.15, 0.2) is 22.7 Å². The molecule has 20 heavy (non-hydrogen) atoms. The van der Waals surface area contributed by atoms with Gasteiger partial charge in [0.15, 0.2) is 0 Å². The second kappa shape index (κ2) is 6.48. The van der Waals surface area contributed by atoms with Crippen LogP contribution in [0.25, 0.3) is 0 Å². The average molecular weight is 350 g/mol. The van der Waals surface area contributed by atoms with Crippen molar-refractivity contribution in [1.82, 2.24) is 5.32 Å². The fourth-order valence-corrected chi connectivity index (χ4v) is 3.29. The number of hydrogen-bond acceptors (Lipinski definition) is 1. The summed E-state index contributed by atoms with van der Waals surface area (Å²) in [6.45, 7) is 2.63. The number of benzene rings is 1. The molecule has 0 aromatic heterocycles. The van der Waals surface area contributed by atoms with Crippen LogP contribution < -0.4 is 5.32 Å². The molecule has 1 N–H and O–H groups in total. The van der Waals surface area contributed by atoms with E-state index >= 15 is 0 Å². The average Bonchev–Trinajstić information content (AvgIpc) is 2.40. The summed E-state index contributed by atoms with van der Waals surface area (Å²) >= 11 is 3.18. The molecule has 112 valence electrons. The molecule has 1 unspecified atom stereocenters. The lowest BCUT2D eigenvalue weighted by molar-refractivity contribution is -0.0498. The summed E-state index contributed by atoms with van der Waals surface area (Å²) in [4.78, 5) is 0. The second-order valence-corrected chi connectivity index (χ2v) is 6.23. The smallest absolute Gasteiger partial charge is 0.248 e. The molecular weight excluding hydrogens is 331 g/mol. The van der Waals surface area contributed by atoms with Gasteiger partial charge in [0.05, 0.1) is 4.47 Å². The van der Waals surface area contributed by atoms with Crippen LogP contribution in [0.5, 0.6) is 0 Å². The van der Waals surface area contributed by atoms with Crippen molar-refractivity contribution in [3.05, 3.63) is 34.1 Å². The van der Waals surface area contributed by atoms with Gasteiger partial charge in [-0.1, -0.05) is 19.1 Å². The lowest BCUT2D eigenvalue weighted by Crippen LogP contribution is -2.34. The van der Waals surface area contributed by atoms with Crippen LogP contribution in [0.3, 0.4) is 0 Å². The molecule has 1 aromatic rings. The molecule has 2 rings (SSSR count). The van der Waals surface area contributed by atoms with Crippen LogP contribution in [0.2, 0.25) is 0 Å². The van der Waals surface area contributed by atoms with Gasteiger partial charge in [-0.15, -0.1) is 0 Å². The van der Waals surface area contributed by atoms with Crippen LogP contribution in [-0.2, 0) is 0 Å². The first-order valence-corrected chi connectivity index (χ1v) is 7.79. The zero-order valence-electron chi connectivity index (χ0n) is 11.4. The first kappa shape index (κ1) is 15.8. The van der Waals surface area contributed by atoms with Crippen LogP contribution in [0.1, 0.15) is 44.2 Å². The van der Waals surface area contributed by atoms with Crippen LogP contribution in [-0.4, -0.2) is 12.5 Å². The summed E-state index contributed by atoms with van der Waals surface area (Å²) in [6, 6.07) is 4.97. The Morgan fingerprint density at radius 1 is 1.35 bits per heavy atom. The minimum Gasteiger partial charge on any atom is -0.310 e. The van der Waals surface area contributed by atoms with Gasteiger partial charge in [0.2, 0.25) is 5.92 Å². The van der Waals surface area contributed by atoms with E-state index in [0.29, 0.717) is 29.4 Å². The first-order chi connectivity index (χ1) is 9.44. The second-order valence-electron chi connectivity index (χ2n) is 5.37. The molecule has 0 aliphatic heterocycles. The molecule has 1 nitrogen and oxygen atoms in total. The van der Waals surface area contributed by atoms with Gasteiger partial charge in [-0.05, 0) is 47.3 Å². The van der Waals surface area contributed by atoms with Gasteiger partial charge >= 0.3 is 0 Å². The Bertz CT molecular complexity index is 454. The Hall–Kier alpha value is -0.550. The Labute approximate surface area is 126 Å². The van der Waals surface area contributed by atoms with E-state index in [4.69, 9.17) is 0 Å². The molecule has 1 fully saturated rings. The van der Waals surface area contributed by atoms with E-state index in [1.807, 2.05) is 6.92 Å².